The number of nitrogens with zero attached hydrogens (tertiary/aromatic N) is 1. The molecular formula is C21H25N3O2. The van der Waals surface area contributed by atoms with Gasteiger partial charge in [-0.05, 0) is 55.4 Å². The highest BCUT2D eigenvalue weighted by Gasteiger charge is 2.23. The van der Waals surface area contributed by atoms with Crippen molar-refractivity contribution in [3.63, 3.8) is 0 Å². The van der Waals surface area contributed by atoms with Crippen LogP contribution in [0.2, 0.25) is 0 Å². The SMILES string of the molecule is NC(=O)Nc1cccc(C(=O)N2CCC(CCc3ccccc3)CC2)c1. The summed E-state index contributed by atoms with van der Waals surface area (Å²) in [4.78, 5) is 25.6. The maximum Gasteiger partial charge on any atom is 0.316 e. The van der Waals surface area contributed by atoms with Crippen molar-refractivity contribution in [2.75, 3.05) is 18.4 Å². The van der Waals surface area contributed by atoms with E-state index in [1.165, 1.54) is 12.0 Å². The Labute approximate surface area is 154 Å². The Hall–Kier alpha value is -2.82. The number of piperidine rings is 1. The van der Waals surface area contributed by atoms with E-state index >= 15 is 0 Å². The summed E-state index contributed by atoms with van der Waals surface area (Å²) in [7, 11) is 0. The number of hydrogen-bond acceptors (Lipinski definition) is 2. The number of benzene rings is 2. The molecule has 5 nitrogen and oxygen atoms in total. The van der Waals surface area contributed by atoms with E-state index in [1.807, 2.05) is 11.0 Å². The molecule has 136 valence electrons. The zero-order valence-electron chi connectivity index (χ0n) is 14.9. The Kier molecular flexibility index (Phi) is 5.89. The molecule has 1 saturated heterocycles. The van der Waals surface area contributed by atoms with Crippen molar-refractivity contribution in [1.29, 1.82) is 0 Å². The fourth-order valence-electron chi connectivity index (χ4n) is 3.50. The van der Waals surface area contributed by atoms with Gasteiger partial charge in [0.2, 0.25) is 0 Å². The second-order valence-electron chi connectivity index (χ2n) is 6.83. The number of carbonyl (C=O) groups excluding carboxylic acids is 2. The first-order chi connectivity index (χ1) is 12.6. The van der Waals surface area contributed by atoms with E-state index < -0.39 is 6.03 Å². The second-order valence-corrected chi connectivity index (χ2v) is 6.83. The van der Waals surface area contributed by atoms with Gasteiger partial charge in [0.15, 0.2) is 0 Å². The predicted molar refractivity (Wildman–Crippen MR) is 103 cm³/mol. The standard InChI is InChI=1S/C21H25N3O2/c22-21(26)23-19-8-4-7-18(15-19)20(25)24-13-11-17(12-14-24)10-9-16-5-2-1-3-6-16/h1-8,15,17H,9-14H2,(H3,22,23,26). The van der Waals surface area contributed by atoms with Crippen LogP contribution in [0.5, 0.6) is 0 Å². The fraction of sp³-hybridized carbons (Fsp3) is 0.333. The summed E-state index contributed by atoms with van der Waals surface area (Å²) in [5, 5.41) is 2.51. The minimum Gasteiger partial charge on any atom is -0.351 e. The molecule has 3 amide bonds. The molecule has 0 aromatic heterocycles. The molecule has 0 spiro atoms. The van der Waals surface area contributed by atoms with Gasteiger partial charge in [0.05, 0.1) is 0 Å². The van der Waals surface area contributed by atoms with Crippen molar-refractivity contribution in [1.82, 2.24) is 4.90 Å². The smallest absolute Gasteiger partial charge is 0.316 e. The summed E-state index contributed by atoms with van der Waals surface area (Å²) in [6.07, 6.45) is 4.35. The van der Waals surface area contributed by atoms with Crippen molar-refractivity contribution in [3.8, 4) is 0 Å². The summed E-state index contributed by atoms with van der Waals surface area (Å²) in [5.41, 5.74) is 7.64. The van der Waals surface area contributed by atoms with Crippen LogP contribution in [-0.4, -0.2) is 29.9 Å². The summed E-state index contributed by atoms with van der Waals surface area (Å²) in [6, 6.07) is 16.8. The van der Waals surface area contributed by atoms with Crippen LogP contribution in [0.1, 0.15) is 35.2 Å². The van der Waals surface area contributed by atoms with E-state index in [9.17, 15) is 9.59 Å². The Balaban J connectivity index is 1.51. The minimum absolute atomic E-state index is 0.0135. The van der Waals surface area contributed by atoms with Crippen LogP contribution in [0.3, 0.4) is 0 Å². The first-order valence-corrected chi connectivity index (χ1v) is 9.11. The molecule has 1 fully saturated rings. The minimum atomic E-state index is -0.631. The van der Waals surface area contributed by atoms with Crippen molar-refractivity contribution < 1.29 is 9.59 Å². The Morgan fingerprint density at radius 1 is 1.04 bits per heavy atom. The maximum absolute atomic E-state index is 12.7. The number of nitrogens with one attached hydrogen (secondary N) is 1. The molecule has 1 aliphatic heterocycles. The van der Waals surface area contributed by atoms with Gasteiger partial charge in [-0.25, -0.2) is 4.79 Å². The third-order valence-corrected chi connectivity index (χ3v) is 4.96. The number of hydrogen-bond donors (Lipinski definition) is 2. The molecule has 2 aromatic carbocycles. The summed E-state index contributed by atoms with van der Waals surface area (Å²) in [6.45, 7) is 1.57. The zero-order chi connectivity index (χ0) is 18.4. The van der Waals surface area contributed by atoms with Gasteiger partial charge in [0.1, 0.15) is 0 Å². The topological polar surface area (TPSA) is 75.4 Å². The number of rotatable bonds is 5. The summed E-state index contributed by atoms with van der Waals surface area (Å²) < 4.78 is 0. The van der Waals surface area contributed by atoms with Crippen LogP contribution >= 0.6 is 0 Å². The first-order valence-electron chi connectivity index (χ1n) is 9.11. The molecule has 1 aliphatic rings. The molecule has 0 radical (unpaired) electrons. The molecule has 3 N–H and O–H groups in total. The van der Waals surface area contributed by atoms with Gasteiger partial charge in [-0.15, -0.1) is 0 Å². The number of likely N-dealkylation sites (tertiary alicyclic amines) is 1. The maximum atomic E-state index is 12.7. The first kappa shape index (κ1) is 18.0. The Morgan fingerprint density at radius 2 is 1.77 bits per heavy atom. The lowest BCUT2D eigenvalue weighted by atomic mass is 9.90. The highest BCUT2D eigenvalue weighted by molar-refractivity contribution is 5.96. The fourth-order valence-corrected chi connectivity index (χ4v) is 3.50. The number of primary amides is 1. The van der Waals surface area contributed by atoms with Crippen molar-refractivity contribution in [2.45, 2.75) is 25.7 Å². The molecule has 0 unspecified atom stereocenters. The van der Waals surface area contributed by atoms with Crippen LogP contribution in [0, 0.1) is 5.92 Å². The average molecular weight is 351 g/mol. The molecule has 0 bridgehead atoms. The number of nitrogens with two attached hydrogens (primary N) is 1. The number of urea groups is 1. The highest BCUT2D eigenvalue weighted by atomic mass is 16.2. The van der Waals surface area contributed by atoms with Gasteiger partial charge in [-0.1, -0.05) is 36.4 Å². The normalized spacial score (nSPS) is 14.8. The van der Waals surface area contributed by atoms with E-state index in [2.05, 4.69) is 29.6 Å². The lowest BCUT2D eigenvalue weighted by Gasteiger charge is -2.32. The van der Waals surface area contributed by atoms with Gasteiger partial charge < -0.3 is 16.0 Å². The summed E-state index contributed by atoms with van der Waals surface area (Å²) in [5.74, 6) is 0.682. The van der Waals surface area contributed by atoms with Crippen molar-refractivity contribution >= 4 is 17.6 Å². The molecule has 2 aromatic rings. The van der Waals surface area contributed by atoms with Gasteiger partial charge in [0.25, 0.3) is 5.91 Å². The molecule has 26 heavy (non-hydrogen) atoms. The summed E-state index contributed by atoms with van der Waals surface area (Å²) >= 11 is 0. The van der Waals surface area contributed by atoms with Crippen LogP contribution in [0.25, 0.3) is 0 Å². The lowest BCUT2D eigenvalue weighted by Crippen LogP contribution is -2.38. The van der Waals surface area contributed by atoms with Gasteiger partial charge in [0, 0.05) is 24.3 Å². The Bertz CT molecular complexity index is 753. The number of carbonyl (C=O) groups is 2. The molecule has 3 rings (SSSR count). The van der Waals surface area contributed by atoms with Crippen molar-refractivity contribution in [2.24, 2.45) is 11.7 Å². The predicted octanol–water partition coefficient (Wildman–Crippen LogP) is 3.66. The lowest BCUT2D eigenvalue weighted by molar-refractivity contribution is 0.0687. The van der Waals surface area contributed by atoms with Gasteiger partial charge >= 0.3 is 6.03 Å². The number of amides is 3. The monoisotopic (exact) mass is 351 g/mol. The van der Waals surface area contributed by atoms with E-state index in [0.717, 1.165) is 32.4 Å². The third-order valence-electron chi connectivity index (χ3n) is 4.96. The molecule has 0 aliphatic carbocycles. The molecule has 5 heteroatoms. The molecule has 0 saturated carbocycles. The van der Waals surface area contributed by atoms with Gasteiger partial charge in [-0.2, -0.15) is 0 Å². The highest BCUT2D eigenvalue weighted by Crippen LogP contribution is 2.24. The molecule has 1 heterocycles. The quantitative estimate of drug-likeness (QED) is 0.862. The van der Waals surface area contributed by atoms with Crippen LogP contribution in [-0.2, 0) is 6.42 Å². The van der Waals surface area contributed by atoms with Crippen LogP contribution in [0.4, 0.5) is 10.5 Å². The van der Waals surface area contributed by atoms with Crippen LogP contribution < -0.4 is 11.1 Å². The van der Waals surface area contributed by atoms with E-state index in [1.54, 1.807) is 24.3 Å². The third kappa shape index (κ3) is 4.85. The average Bonchev–Trinajstić information content (AvgIpc) is 2.67. The molecule has 0 atom stereocenters. The van der Waals surface area contributed by atoms with Gasteiger partial charge in [-0.3, -0.25) is 4.79 Å². The molecular weight excluding hydrogens is 326 g/mol. The van der Waals surface area contributed by atoms with Crippen LogP contribution in [0.15, 0.2) is 54.6 Å². The second kappa shape index (κ2) is 8.52. The van der Waals surface area contributed by atoms with E-state index in [0.29, 0.717) is 17.2 Å². The van der Waals surface area contributed by atoms with E-state index in [-0.39, 0.29) is 5.91 Å². The number of aryl methyl sites for hydroxylation is 1. The largest absolute Gasteiger partial charge is 0.351 e. The zero-order valence-corrected chi connectivity index (χ0v) is 14.9. The number of anilines is 1. The van der Waals surface area contributed by atoms with Crippen molar-refractivity contribution in [3.05, 3.63) is 65.7 Å². The van der Waals surface area contributed by atoms with E-state index in [4.69, 9.17) is 5.73 Å². The Morgan fingerprint density at radius 3 is 2.46 bits per heavy atom.